The summed E-state index contributed by atoms with van der Waals surface area (Å²) < 4.78 is 17.2. The zero-order valence-corrected chi connectivity index (χ0v) is 21.0. The number of ether oxygens (including phenoxy) is 3. The maximum atomic E-state index is 12.7. The molecule has 0 aliphatic heterocycles. The molecule has 8 heteroatoms. The SMILES string of the molecule is CCCCCCCOc1ccc(NC(=S)NC(=O)c2cc(Br)ccc2OCCOC)cc1. The summed E-state index contributed by atoms with van der Waals surface area (Å²) in [6.07, 6.45) is 6.03. The molecule has 2 rings (SSSR count). The fourth-order valence-corrected chi connectivity index (χ4v) is 3.48. The summed E-state index contributed by atoms with van der Waals surface area (Å²) in [5, 5.41) is 5.91. The molecular weight excluding hydrogens is 492 g/mol. The van der Waals surface area contributed by atoms with Crippen LogP contribution in [0.3, 0.4) is 0 Å². The van der Waals surface area contributed by atoms with Crippen molar-refractivity contribution in [2.45, 2.75) is 39.0 Å². The Bertz CT molecular complexity index is 862. The third-order valence-corrected chi connectivity index (χ3v) is 5.28. The Morgan fingerprint density at radius 2 is 1.72 bits per heavy atom. The third kappa shape index (κ3) is 9.54. The third-order valence-electron chi connectivity index (χ3n) is 4.59. The van der Waals surface area contributed by atoms with E-state index >= 15 is 0 Å². The van der Waals surface area contributed by atoms with Crippen LogP contribution in [0.15, 0.2) is 46.9 Å². The van der Waals surface area contributed by atoms with Crippen LogP contribution < -0.4 is 20.1 Å². The minimum absolute atomic E-state index is 0.197. The van der Waals surface area contributed by atoms with Crippen molar-refractivity contribution in [2.75, 3.05) is 32.2 Å². The summed E-state index contributed by atoms with van der Waals surface area (Å²) in [6, 6.07) is 12.7. The number of hydrogen-bond donors (Lipinski definition) is 2. The normalized spacial score (nSPS) is 10.5. The summed E-state index contributed by atoms with van der Waals surface area (Å²) in [4.78, 5) is 12.7. The number of methoxy groups -OCH3 is 1. The maximum absolute atomic E-state index is 12.7. The molecule has 174 valence electrons. The van der Waals surface area contributed by atoms with Crippen LogP contribution in [0.5, 0.6) is 11.5 Å². The molecule has 0 heterocycles. The number of thiocarbonyl (C=S) groups is 1. The molecule has 0 bridgehead atoms. The molecule has 0 atom stereocenters. The van der Waals surface area contributed by atoms with E-state index < -0.39 is 0 Å². The molecule has 0 aliphatic carbocycles. The first-order valence-electron chi connectivity index (χ1n) is 10.8. The smallest absolute Gasteiger partial charge is 0.261 e. The van der Waals surface area contributed by atoms with Gasteiger partial charge in [-0.25, -0.2) is 0 Å². The average Bonchev–Trinajstić information content (AvgIpc) is 2.78. The fraction of sp³-hybridized carbons (Fsp3) is 0.417. The second kappa shape index (κ2) is 14.8. The van der Waals surface area contributed by atoms with E-state index in [1.807, 2.05) is 30.3 Å². The van der Waals surface area contributed by atoms with E-state index in [1.54, 1.807) is 19.2 Å². The number of rotatable bonds is 13. The van der Waals surface area contributed by atoms with Gasteiger partial charge in [0, 0.05) is 17.3 Å². The second-order valence-electron chi connectivity index (χ2n) is 7.18. The van der Waals surface area contributed by atoms with E-state index in [0.717, 1.165) is 22.3 Å². The minimum Gasteiger partial charge on any atom is -0.494 e. The van der Waals surface area contributed by atoms with Gasteiger partial charge in [0.2, 0.25) is 0 Å². The van der Waals surface area contributed by atoms with Gasteiger partial charge in [-0.3, -0.25) is 10.1 Å². The van der Waals surface area contributed by atoms with Gasteiger partial charge in [0.15, 0.2) is 5.11 Å². The van der Waals surface area contributed by atoms with E-state index in [9.17, 15) is 4.79 Å². The number of benzene rings is 2. The number of carbonyl (C=O) groups excluding carboxylic acids is 1. The lowest BCUT2D eigenvalue weighted by Crippen LogP contribution is -2.34. The van der Waals surface area contributed by atoms with Crippen LogP contribution in [0, 0.1) is 0 Å². The van der Waals surface area contributed by atoms with Gasteiger partial charge in [-0.2, -0.15) is 0 Å². The van der Waals surface area contributed by atoms with Crippen LogP contribution in [0.4, 0.5) is 5.69 Å². The van der Waals surface area contributed by atoms with E-state index in [0.29, 0.717) is 31.1 Å². The fourth-order valence-electron chi connectivity index (χ4n) is 2.90. The van der Waals surface area contributed by atoms with Gasteiger partial charge in [0.05, 0.1) is 18.8 Å². The molecule has 0 saturated heterocycles. The molecule has 0 fully saturated rings. The Labute approximate surface area is 204 Å². The van der Waals surface area contributed by atoms with Crippen molar-refractivity contribution < 1.29 is 19.0 Å². The standard InChI is InChI=1S/C24H31BrN2O4S/c1-3-4-5-6-7-14-30-20-11-9-19(10-12-20)26-24(32)27-23(28)21-17-18(25)8-13-22(21)31-16-15-29-2/h8-13,17H,3-7,14-16H2,1-2H3,(H2,26,27,28,32). The summed E-state index contributed by atoms with van der Waals surface area (Å²) in [6.45, 7) is 3.69. The first-order valence-corrected chi connectivity index (χ1v) is 12.0. The second-order valence-corrected chi connectivity index (χ2v) is 8.50. The van der Waals surface area contributed by atoms with Crippen molar-refractivity contribution in [2.24, 2.45) is 0 Å². The molecule has 2 N–H and O–H groups in total. The highest BCUT2D eigenvalue weighted by atomic mass is 79.9. The van der Waals surface area contributed by atoms with Gasteiger partial charge in [-0.05, 0) is 61.1 Å². The molecule has 0 unspecified atom stereocenters. The Hall–Kier alpha value is -2.16. The van der Waals surface area contributed by atoms with E-state index in [-0.39, 0.29) is 11.0 Å². The van der Waals surface area contributed by atoms with Crippen molar-refractivity contribution in [3.8, 4) is 11.5 Å². The maximum Gasteiger partial charge on any atom is 0.261 e. The van der Waals surface area contributed by atoms with Crippen LogP contribution in [-0.2, 0) is 4.74 Å². The Morgan fingerprint density at radius 3 is 2.44 bits per heavy atom. The lowest BCUT2D eigenvalue weighted by atomic mass is 10.2. The number of anilines is 1. The summed E-state index contributed by atoms with van der Waals surface area (Å²) in [5.74, 6) is 0.911. The highest BCUT2D eigenvalue weighted by molar-refractivity contribution is 9.10. The van der Waals surface area contributed by atoms with Gasteiger partial charge in [-0.1, -0.05) is 48.5 Å². The number of amides is 1. The molecule has 32 heavy (non-hydrogen) atoms. The zero-order chi connectivity index (χ0) is 23.2. The summed E-state index contributed by atoms with van der Waals surface area (Å²) >= 11 is 8.69. The van der Waals surface area contributed by atoms with Gasteiger partial charge < -0.3 is 19.5 Å². The van der Waals surface area contributed by atoms with Crippen molar-refractivity contribution in [3.63, 3.8) is 0 Å². The predicted octanol–water partition coefficient (Wildman–Crippen LogP) is 5.95. The molecule has 0 saturated carbocycles. The average molecular weight is 523 g/mol. The Balaban J connectivity index is 1.84. The molecular formula is C24H31BrN2O4S. The zero-order valence-electron chi connectivity index (χ0n) is 18.6. The van der Waals surface area contributed by atoms with Gasteiger partial charge in [-0.15, -0.1) is 0 Å². The number of carbonyl (C=O) groups is 1. The molecule has 2 aromatic rings. The van der Waals surface area contributed by atoms with Crippen LogP contribution in [0.25, 0.3) is 0 Å². The highest BCUT2D eigenvalue weighted by Gasteiger charge is 2.15. The number of halogens is 1. The number of hydrogen-bond acceptors (Lipinski definition) is 5. The monoisotopic (exact) mass is 522 g/mol. The molecule has 0 aliphatic rings. The minimum atomic E-state index is -0.362. The van der Waals surface area contributed by atoms with Crippen LogP contribution in [0.2, 0.25) is 0 Å². The highest BCUT2D eigenvalue weighted by Crippen LogP contribution is 2.23. The first-order chi connectivity index (χ1) is 15.5. The quantitative estimate of drug-likeness (QED) is 0.250. The predicted molar refractivity (Wildman–Crippen MR) is 136 cm³/mol. The van der Waals surface area contributed by atoms with Crippen LogP contribution in [0.1, 0.15) is 49.4 Å². The van der Waals surface area contributed by atoms with E-state index in [1.165, 1.54) is 25.7 Å². The van der Waals surface area contributed by atoms with Crippen molar-refractivity contribution in [3.05, 3.63) is 52.5 Å². The van der Waals surface area contributed by atoms with Crippen molar-refractivity contribution in [1.82, 2.24) is 5.32 Å². The van der Waals surface area contributed by atoms with Gasteiger partial charge >= 0.3 is 0 Å². The summed E-state index contributed by atoms with van der Waals surface area (Å²) in [7, 11) is 1.59. The number of unbranched alkanes of at least 4 members (excludes halogenated alkanes) is 4. The van der Waals surface area contributed by atoms with E-state index in [2.05, 4.69) is 33.5 Å². The van der Waals surface area contributed by atoms with Gasteiger partial charge in [0.1, 0.15) is 18.1 Å². The molecule has 2 aromatic carbocycles. The van der Waals surface area contributed by atoms with Gasteiger partial charge in [0.25, 0.3) is 5.91 Å². The molecule has 1 amide bonds. The lowest BCUT2D eigenvalue weighted by molar-refractivity contribution is 0.0969. The Kier molecular flexibility index (Phi) is 12.1. The van der Waals surface area contributed by atoms with Crippen molar-refractivity contribution in [1.29, 1.82) is 0 Å². The molecule has 0 spiro atoms. The lowest BCUT2D eigenvalue weighted by Gasteiger charge is -2.14. The van der Waals surface area contributed by atoms with Crippen LogP contribution >= 0.6 is 28.1 Å². The number of nitrogens with one attached hydrogen (secondary N) is 2. The first kappa shape index (κ1) is 26.1. The molecule has 0 radical (unpaired) electrons. The molecule has 6 nitrogen and oxygen atoms in total. The topological polar surface area (TPSA) is 68.8 Å². The summed E-state index contributed by atoms with van der Waals surface area (Å²) in [5.41, 5.74) is 1.14. The van der Waals surface area contributed by atoms with E-state index in [4.69, 9.17) is 26.4 Å². The van der Waals surface area contributed by atoms with Crippen LogP contribution in [-0.4, -0.2) is 38.0 Å². The van der Waals surface area contributed by atoms with Crippen molar-refractivity contribution >= 4 is 44.9 Å². The largest absolute Gasteiger partial charge is 0.494 e. The Morgan fingerprint density at radius 1 is 0.969 bits per heavy atom. The molecule has 0 aromatic heterocycles.